The van der Waals surface area contributed by atoms with E-state index in [-0.39, 0.29) is 23.2 Å². The minimum absolute atomic E-state index is 0.0852. The fourth-order valence-corrected chi connectivity index (χ4v) is 2.82. The van der Waals surface area contributed by atoms with Crippen LogP contribution in [-0.4, -0.2) is 41.2 Å². The Bertz CT molecular complexity index is 953. The predicted molar refractivity (Wildman–Crippen MR) is 78.8 cm³/mol. The van der Waals surface area contributed by atoms with Crippen molar-refractivity contribution in [3.05, 3.63) is 35.8 Å². The van der Waals surface area contributed by atoms with Crippen molar-refractivity contribution in [1.82, 2.24) is 4.31 Å². The Hall–Kier alpha value is -2.15. The van der Waals surface area contributed by atoms with Crippen molar-refractivity contribution in [3.63, 3.8) is 0 Å². The van der Waals surface area contributed by atoms with Crippen molar-refractivity contribution in [2.45, 2.75) is 16.8 Å². The Morgan fingerprint density at radius 1 is 1.08 bits per heavy atom. The van der Waals surface area contributed by atoms with Crippen LogP contribution in [0.3, 0.4) is 0 Å². The zero-order valence-electron chi connectivity index (χ0n) is 12.6. The molecular weight excluding hydrogens is 364 g/mol. The van der Waals surface area contributed by atoms with Gasteiger partial charge in [-0.1, -0.05) is 0 Å². The van der Waals surface area contributed by atoms with Crippen LogP contribution in [0.4, 0.5) is 0 Å². The van der Waals surface area contributed by atoms with Crippen LogP contribution in [0.5, 0.6) is 0 Å². The maximum absolute atomic E-state index is 11.8. The van der Waals surface area contributed by atoms with E-state index in [0.717, 1.165) is 16.4 Å². The number of esters is 1. The molecule has 0 atom stereocenters. The monoisotopic (exact) mass is 378 g/mol. The average Bonchev–Trinajstić information content (AvgIpc) is 3.13. The molecule has 0 aliphatic heterocycles. The molecule has 0 amide bonds. The van der Waals surface area contributed by atoms with E-state index < -0.39 is 31.1 Å². The van der Waals surface area contributed by atoms with Crippen molar-refractivity contribution in [1.29, 1.82) is 0 Å². The van der Waals surface area contributed by atoms with E-state index in [0.29, 0.717) is 0 Å². The summed E-state index contributed by atoms with van der Waals surface area (Å²) in [5, 5.41) is 3.98. The first kappa shape index (κ1) is 18.2. The summed E-state index contributed by atoms with van der Waals surface area (Å²) in [6, 6.07) is 4.67. The molecule has 0 saturated carbocycles. The van der Waals surface area contributed by atoms with Gasteiger partial charge in [-0.3, -0.25) is 0 Å². The molecule has 0 saturated heterocycles. The van der Waals surface area contributed by atoms with Crippen molar-refractivity contribution in [3.8, 4) is 0 Å². The SMILES string of the molecule is CN(C)S(=O)(=O)c1ccc(COC(=O)c2ccc(S(N)(=O)=O)o2)o1. The summed E-state index contributed by atoms with van der Waals surface area (Å²) in [5.41, 5.74) is 0. The van der Waals surface area contributed by atoms with Gasteiger partial charge in [0.1, 0.15) is 12.4 Å². The smallest absolute Gasteiger partial charge is 0.374 e. The number of hydrogen-bond acceptors (Lipinski definition) is 8. The molecule has 0 spiro atoms. The van der Waals surface area contributed by atoms with Gasteiger partial charge in [0.25, 0.3) is 20.0 Å². The number of nitrogens with two attached hydrogens (primary N) is 1. The van der Waals surface area contributed by atoms with E-state index >= 15 is 0 Å². The van der Waals surface area contributed by atoms with Gasteiger partial charge in [0.2, 0.25) is 15.9 Å². The van der Waals surface area contributed by atoms with Gasteiger partial charge in [-0.15, -0.1) is 0 Å². The summed E-state index contributed by atoms with van der Waals surface area (Å²) in [4.78, 5) is 11.8. The third-order valence-electron chi connectivity index (χ3n) is 2.78. The maximum Gasteiger partial charge on any atom is 0.374 e. The summed E-state index contributed by atoms with van der Waals surface area (Å²) in [6.07, 6.45) is 0. The van der Waals surface area contributed by atoms with Crippen molar-refractivity contribution >= 4 is 26.0 Å². The van der Waals surface area contributed by atoms with Crippen molar-refractivity contribution in [2.75, 3.05) is 14.1 Å². The van der Waals surface area contributed by atoms with E-state index in [1.165, 1.54) is 26.2 Å². The maximum atomic E-state index is 11.8. The van der Waals surface area contributed by atoms with Gasteiger partial charge in [0.05, 0.1) is 0 Å². The highest BCUT2D eigenvalue weighted by molar-refractivity contribution is 7.89. The molecule has 2 heterocycles. The van der Waals surface area contributed by atoms with Crippen LogP contribution in [0.15, 0.2) is 43.3 Å². The number of furan rings is 2. The van der Waals surface area contributed by atoms with Gasteiger partial charge >= 0.3 is 5.97 Å². The number of nitrogens with zero attached hydrogens (tertiary/aromatic N) is 1. The number of ether oxygens (including phenoxy) is 1. The Morgan fingerprint density at radius 3 is 2.25 bits per heavy atom. The lowest BCUT2D eigenvalue weighted by Crippen LogP contribution is -2.21. The van der Waals surface area contributed by atoms with Crippen LogP contribution in [0.1, 0.15) is 16.3 Å². The number of rotatable bonds is 6. The van der Waals surface area contributed by atoms with E-state index in [9.17, 15) is 21.6 Å². The Balaban J connectivity index is 2.05. The molecule has 0 bridgehead atoms. The van der Waals surface area contributed by atoms with Gasteiger partial charge in [0.15, 0.2) is 0 Å². The van der Waals surface area contributed by atoms with Gasteiger partial charge in [-0.25, -0.2) is 31.1 Å². The Morgan fingerprint density at radius 2 is 1.71 bits per heavy atom. The zero-order valence-corrected chi connectivity index (χ0v) is 14.3. The second-order valence-electron chi connectivity index (χ2n) is 4.75. The molecule has 10 nitrogen and oxygen atoms in total. The van der Waals surface area contributed by atoms with Gasteiger partial charge in [-0.05, 0) is 24.3 Å². The number of hydrogen-bond donors (Lipinski definition) is 1. The number of primary sulfonamides is 1. The predicted octanol–water partition coefficient (Wildman–Crippen LogP) is 0.127. The molecule has 0 radical (unpaired) electrons. The molecule has 0 fully saturated rings. The third kappa shape index (κ3) is 3.84. The summed E-state index contributed by atoms with van der Waals surface area (Å²) in [5.74, 6) is -1.24. The minimum Gasteiger partial charge on any atom is -0.452 e. The number of carbonyl (C=O) groups excluding carboxylic acids is 1. The molecule has 2 aromatic rings. The third-order valence-corrected chi connectivity index (χ3v) is 5.25. The van der Waals surface area contributed by atoms with Crippen LogP contribution in [0.25, 0.3) is 0 Å². The highest BCUT2D eigenvalue weighted by atomic mass is 32.2. The van der Waals surface area contributed by atoms with Gasteiger partial charge in [-0.2, -0.15) is 0 Å². The van der Waals surface area contributed by atoms with Crippen LogP contribution < -0.4 is 5.14 Å². The summed E-state index contributed by atoms with van der Waals surface area (Å²) in [7, 11) is -5.11. The van der Waals surface area contributed by atoms with Crippen LogP contribution in [0.2, 0.25) is 0 Å². The lowest BCUT2D eigenvalue weighted by atomic mass is 10.4. The highest BCUT2D eigenvalue weighted by Crippen LogP contribution is 2.18. The summed E-state index contributed by atoms with van der Waals surface area (Å²) in [6.45, 7) is -0.368. The first-order chi connectivity index (χ1) is 11.0. The fourth-order valence-electron chi connectivity index (χ4n) is 1.54. The van der Waals surface area contributed by atoms with Crippen LogP contribution in [-0.2, 0) is 31.4 Å². The molecule has 0 aliphatic carbocycles. The van der Waals surface area contributed by atoms with Crippen molar-refractivity contribution in [2.24, 2.45) is 5.14 Å². The van der Waals surface area contributed by atoms with Gasteiger partial charge < -0.3 is 13.6 Å². The summed E-state index contributed by atoms with van der Waals surface area (Å²) < 4.78 is 61.5. The normalized spacial score (nSPS) is 12.5. The first-order valence-corrected chi connectivity index (χ1v) is 9.31. The van der Waals surface area contributed by atoms with Crippen molar-refractivity contribution < 1.29 is 35.2 Å². The second-order valence-corrected chi connectivity index (χ2v) is 8.32. The van der Waals surface area contributed by atoms with E-state index in [4.69, 9.17) is 18.7 Å². The minimum atomic E-state index is -4.07. The molecule has 0 aromatic carbocycles. The molecule has 0 aliphatic rings. The molecule has 0 unspecified atom stereocenters. The Labute approximate surface area is 137 Å². The largest absolute Gasteiger partial charge is 0.452 e. The highest BCUT2D eigenvalue weighted by Gasteiger charge is 2.22. The molecule has 132 valence electrons. The molecule has 2 N–H and O–H groups in total. The molecular formula is C12H14N2O8S2. The first-order valence-electron chi connectivity index (χ1n) is 6.33. The lowest BCUT2D eigenvalue weighted by Gasteiger charge is -2.07. The molecule has 12 heteroatoms. The zero-order chi connectivity index (χ0) is 18.1. The lowest BCUT2D eigenvalue weighted by molar-refractivity contribution is 0.0398. The quantitative estimate of drug-likeness (QED) is 0.697. The average molecular weight is 378 g/mol. The standard InChI is InChI=1S/C12H14N2O8S2/c1-14(2)24(18,19)11-5-3-8(21-11)7-20-12(15)9-4-6-10(22-9)23(13,16)17/h3-6H,7H2,1-2H3,(H2,13,16,17). The molecule has 2 rings (SSSR count). The van der Waals surface area contributed by atoms with E-state index in [2.05, 4.69) is 0 Å². The van der Waals surface area contributed by atoms with E-state index in [1.807, 2.05) is 0 Å². The second kappa shape index (κ2) is 6.39. The molecule has 24 heavy (non-hydrogen) atoms. The number of carbonyl (C=O) groups is 1. The number of sulfonamides is 2. The van der Waals surface area contributed by atoms with Crippen LogP contribution >= 0.6 is 0 Å². The van der Waals surface area contributed by atoms with Gasteiger partial charge in [0, 0.05) is 14.1 Å². The van der Waals surface area contributed by atoms with E-state index in [1.54, 1.807) is 0 Å². The fraction of sp³-hybridized carbons (Fsp3) is 0.250. The Kier molecular flexibility index (Phi) is 4.85. The molecule has 2 aromatic heterocycles. The topological polar surface area (TPSA) is 150 Å². The van der Waals surface area contributed by atoms with Crippen LogP contribution in [0, 0.1) is 0 Å². The summed E-state index contributed by atoms with van der Waals surface area (Å²) >= 11 is 0.